The van der Waals surface area contributed by atoms with Gasteiger partial charge in [-0.05, 0) is 42.3 Å². The standard InChI is InChI=1S/C16H17N3O/c1-3-17-16-18-14-8-7-12(10-15(14)19-16)11-5-4-6-13(9-11)20-2/h4-10H,3H2,1-2H3,(H2,17,18,19). The van der Waals surface area contributed by atoms with Gasteiger partial charge in [0, 0.05) is 6.54 Å². The van der Waals surface area contributed by atoms with Gasteiger partial charge in [0.05, 0.1) is 18.1 Å². The molecule has 0 aliphatic rings. The number of aromatic nitrogens is 2. The van der Waals surface area contributed by atoms with Crippen LogP contribution in [0.15, 0.2) is 42.5 Å². The minimum Gasteiger partial charge on any atom is -0.497 e. The number of imidazole rings is 1. The van der Waals surface area contributed by atoms with Gasteiger partial charge in [-0.15, -0.1) is 0 Å². The largest absolute Gasteiger partial charge is 0.497 e. The van der Waals surface area contributed by atoms with E-state index in [4.69, 9.17) is 4.74 Å². The topological polar surface area (TPSA) is 49.9 Å². The number of benzene rings is 2. The van der Waals surface area contributed by atoms with Gasteiger partial charge in [0.1, 0.15) is 5.75 Å². The van der Waals surface area contributed by atoms with Crippen molar-refractivity contribution in [2.24, 2.45) is 0 Å². The fourth-order valence-corrected chi connectivity index (χ4v) is 2.24. The van der Waals surface area contributed by atoms with Crippen LogP contribution < -0.4 is 10.1 Å². The Kier molecular flexibility index (Phi) is 3.29. The zero-order chi connectivity index (χ0) is 13.9. The Morgan fingerprint density at radius 1 is 1.15 bits per heavy atom. The Bertz CT molecular complexity index is 733. The normalized spacial score (nSPS) is 10.7. The predicted molar refractivity (Wildman–Crippen MR) is 82.2 cm³/mol. The Hall–Kier alpha value is -2.49. The highest BCUT2D eigenvalue weighted by molar-refractivity contribution is 5.83. The van der Waals surface area contributed by atoms with Crippen molar-refractivity contribution in [2.75, 3.05) is 19.0 Å². The second-order valence-electron chi connectivity index (χ2n) is 4.58. The second kappa shape index (κ2) is 5.25. The fraction of sp³-hybridized carbons (Fsp3) is 0.188. The SMILES string of the molecule is CCNc1nc2ccc(-c3cccc(OC)c3)cc2[nH]1. The first-order valence-corrected chi connectivity index (χ1v) is 6.68. The van der Waals surface area contributed by atoms with Gasteiger partial charge in [0.15, 0.2) is 0 Å². The Balaban J connectivity index is 2.03. The molecule has 3 rings (SSSR count). The van der Waals surface area contributed by atoms with Gasteiger partial charge in [-0.1, -0.05) is 18.2 Å². The minimum atomic E-state index is 0.810. The van der Waals surface area contributed by atoms with Crippen molar-refractivity contribution in [1.82, 2.24) is 9.97 Å². The van der Waals surface area contributed by atoms with Gasteiger partial charge in [0.2, 0.25) is 5.95 Å². The first-order valence-electron chi connectivity index (χ1n) is 6.68. The lowest BCUT2D eigenvalue weighted by Crippen LogP contribution is -1.97. The number of anilines is 1. The number of hydrogen-bond acceptors (Lipinski definition) is 3. The molecule has 102 valence electrons. The quantitative estimate of drug-likeness (QED) is 0.758. The maximum absolute atomic E-state index is 5.27. The van der Waals surface area contributed by atoms with Crippen LogP contribution in [0, 0.1) is 0 Å². The summed E-state index contributed by atoms with van der Waals surface area (Å²) in [6.45, 7) is 2.90. The zero-order valence-corrected chi connectivity index (χ0v) is 11.6. The summed E-state index contributed by atoms with van der Waals surface area (Å²) in [5.41, 5.74) is 4.27. The number of nitrogens with one attached hydrogen (secondary N) is 2. The number of fused-ring (bicyclic) bond motifs is 1. The molecule has 4 nitrogen and oxygen atoms in total. The van der Waals surface area contributed by atoms with E-state index in [1.165, 1.54) is 0 Å². The van der Waals surface area contributed by atoms with Crippen LogP contribution in [-0.2, 0) is 0 Å². The van der Waals surface area contributed by atoms with E-state index < -0.39 is 0 Å². The number of rotatable bonds is 4. The smallest absolute Gasteiger partial charge is 0.201 e. The third kappa shape index (κ3) is 2.32. The average Bonchev–Trinajstić information content (AvgIpc) is 2.89. The van der Waals surface area contributed by atoms with Crippen LogP contribution in [0.2, 0.25) is 0 Å². The number of methoxy groups -OCH3 is 1. The van der Waals surface area contributed by atoms with Crippen LogP contribution >= 0.6 is 0 Å². The minimum absolute atomic E-state index is 0.810. The third-order valence-corrected chi connectivity index (χ3v) is 3.23. The van der Waals surface area contributed by atoms with Crippen molar-refractivity contribution in [3.8, 4) is 16.9 Å². The van der Waals surface area contributed by atoms with E-state index in [2.05, 4.69) is 40.4 Å². The molecule has 0 bridgehead atoms. The summed E-state index contributed by atoms with van der Waals surface area (Å²) in [6, 6.07) is 14.3. The zero-order valence-electron chi connectivity index (χ0n) is 11.6. The van der Waals surface area contributed by atoms with Crippen LogP contribution in [0.3, 0.4) is 0 Å². The van der Waals surface area contributed by atoms with Gasteiger partial charge in [-0.2, -0.15) is 0 Å². The Morgan fingerprint density at radius 2 is 2.00 bits per heavy atom. The van der Waals surface area contributed by atoms with E-state index >= 15 is 0 Å². The molecule has 0 atom stereocenters. The first-order chi connectivity index (χ1) is 9.80. The Morgan fingerprint density at radius 3 is 2.80 bits per heavy atom. The van der Waals surface area contributed by atoms with Gasteiger partial charge in [-0.3, -0.25) is 0 Å². The van der Waals surface area contributed by atoms with E-state index in [0.717, 1.165) is 40.4 Å². The highest BCUT2D eigenvalue weighted by Crippen LogP contribution is 2.26. The summed E-state index contributed by atoms with van der Waals surface area (Å²) < 4.78 is 5.27. The third-order valence-electron chi connectivity index (χ3n) is 3.23. The molecule has 1 heterocycles. The van der Waals surface area contributed by atoms with Crippen molar-refractivity contribution in [3.05, 3.63) is 42.5 Å². The molecular weight excluding hydrogens is 250 g/mol. The lowest BCUT2D eigenvalue weighted by Gasteiger charge is -2.04. The van der Waals surface area contributed by atoms with Crippen LogP contribution in [0.4, 0.5) is 5.95 Å². The fourth-order valence-electron chi connectivity index (χ4n) is 2.24. The molecule has 20 heavy (non-hydrogen) atoms. The lowest BCUT2D eigenvalue weighted by atomic mass is 10.1. The van der Waals surface area contributed by atoms with Crippen LogP contribution in [-0.4, -0.2) is 23.6 Å². The first kappa shape index (κ1) is 12.5. The average molecular weight is 267 g/mol. The molecule has 0 aliphatic carbocycles. The number of nitrogens with zero attached hydrogens (tertiary/aromatic N) is 1. The molecule has 4 heteroatoms. The summed E-state index contributed by atoms with van der Waals surface area (Å²) in [5.74, 6) is 1.67. The maximum atomic E-state index is 5.27. The molecule has 2 aromatic carbocycles. The van der Waals surface area contributed by atoms with Gasteiger partial charge >= 0.3 is 0 Å². The summed E-state index contributed by atoms with van der Waals surface area (Å²) >= 11 is 0. The molecule has 0 unspecified atom stereocenters. The monoisotopic (exact) mass is 267 g/mol. The van der Waals surface area contributed by atoms with Gasteiger partial charge < -0.3 is 15.0 Å². The molecular formula is C16H17N3O. The molecule has 0 fully saturated rings. The van der Waals surface area contributed by atoms with Crippen molar-refractivity contribution >= 4 is 17.0 Å². The van der Waals surface area contributed by atoms with Crippen molar-refractivity contribution in [3.63, 3.8) is 0 Å². The molecule has 0 aliphatic heterocycles. The number of ether oxygens (including phenoxy) is 1. The molecule has 2 N–H and O–H groups in total. The highest BCUT2D eigenvalue weighted by Gasteiger charge is 2.05. The van der Waals surface area contributed by atoms with E-state index in [-0.39, 0.29) is 0 Å². The van der Waals surface area contributed by atoms with Crippen LogP contribution in [0.1, 0.15) is 6.92 Å². The van der Waals surface area contributed by atoms with Crippen molar-refractivity contribution in [1.29, 1.82) is 0 Å². The van der Waals surface area contributed by atoms with Crippen molar-refractivity contribution < 1.29 is 4.74 Å². The highest BCUT2D eigenvalue weighted by atomic mass is 16.5. The van der Waals surface area contributed by atoms with Crippen LogP contribution in [0.5, 0.6) is 5.75 Å². The number of aromatic amines is 1. The molecule has 1 aromatic heterocycles. The van der Waals surface area contributed by atoms with Gasteiger partial charge in [0.25, 0.3) is 0 Å². The van der Waals surface area contributed by atoms with Crippen LogP contribution in [0.25, 0.3) is 22.2 Å². The summed E-state index contributed by atoms with van der Waals surface area (Å²) in [4.78, 5) is 7.76. The number of H-pyrrole nitrogens is 1. The van der Waals surface area contributed by atoms with E-state index in [0.29, 0.717) is 0 Å². The Labute approximate surface area is 117 Å². The molecule has 0 saturated carbocycles. The molecule has 3 aromatic rings. The van der Waals surface area contributed by atoms with E-state index in [1.54, 1.807) is 7.11 Å². The van der Waals surface area contributed by atoms with Crippen molar-refractivity contribution in [2.45, 2.75) is 6.92 Å². The summed E-state index contributed by atoms with van der Waals surface area (Å²) in [5, 5.41) is 3.19. The molecule has 0 radical (unpaired) electrons. The van der Waals surface area contributed by atoms with E-state index in [9.17, 15) is 0 Å². The molecule has 0 spiro atoms. The molecule has 0 amide bonds. The number of hydrogen-bond donors (Lipinski definition) is 2. The maximum Gasteiger partial charge on any atom is 0.201 e. The van der Waals surface area contributed by atoms with E-state index in [1.807, 2.05) is 24.3 Å². The second-order valence-corrected chi connectivity index (χ2v) is 4.58. The molecule has 0 saturated heterocycles. The summed E-state index contributed by atoms with van der Waals surface area (Å²) in [6.07, 6.45) is 0. The van der Waals surface area contributed by atoms with Gasteiger partial charge in [-0.25, -0.2) is 4.98 Å². The predicted octanol–water partition coefficient (Wildman–Crippen LogP) is 3.67. The lowest BCUT2D eigenvalue weighted by molar-refractivity contribution is 0.415. The summed E-state index contributed by atoms with van der Waals surface area (Å²) in [7, 11) is 1.68.